The van der Waals surface area contributed by atoms with Crippen LogP contribution in [0.25, 0.3) is 0 Å². The molecule has 5 aliphatic rings. The second-order valence-corrected chi connectivity index (χ2v) is 45.6. The summed E-state index contributed by atoms with van der Waals surface area (Å²) in [6.45, 7) is 38.8. The Hall–Kier alpha value is -7.15. The number of hydrogen-bond donors (Lipinski definition) is 8. The summed E-state index contributed by atoms with van der Waals surface area (Å²) in [7, 11) is 0. The smallest absolute Gasteiger partial charge is 0.309 e. The minimum absolute atomic E-state index is 0. The molecule has 13 heteroatoms. The Morgan fingerprint density at radius 1 is 0.254 bits per heavy atom. The fraction of sp³-hybridized carbons (Fsp3) is 0.701. The van der Waals surface area contributed by atoms with E-state index in [2.05, 4.69) is 166 Å². The summed E-state index contributed by atoms with van der Waals surface area (Å²) >= 11 is 0. The predicted octanol–water partition coefficient (Wildman–Crippen LogP) is 33.0. The van der Waals surface area contributed by atoms with Gasteiger partial charge in [0.15, 0.2) is 0 Å². The van der Waals surface area contributed by atoms with Crippen molar-refractivity contribution in [1.82, 2.24) is 0 Å². The van der Waals surface area contributed by atoms with Gasteiger partial charge >= 0.3 is 29.8 Å². The molecule has 0 heterocycles. The molecular formula is C117H194O13. The summed E-state index contributed by atoms with van der Waals surface area (Å²) < 4.78 is 0. The Morgan fingerprint density at radius 2 is 0.477 bits per heavy atom. The lowest BCUT2D eigenvalue weighted by molar-refractivity contribution is -0.144. The molecule has 0 radical (unpaired) electrons. The highest BCUT2D eigenvalue weighted by Crippen LogP contribution is 2.54. The molecule has 0 amide bonds. The van der Waals surface area contributed by atoms with E-state index in [1.54, 1.807) is 18.2 Å². The maximum absolute atomic E-state index is 11.3. The van der Waals surface area contributed by atoms with Crippen LogP contribution in [-0.2, 0) is 88.2 Å². The molecule has 5 aromatic rings. The van der Waals surface area contributed by atoms with Crippen molar-refractivity contribution in [3.63, 3.8) is 0 Å². The first-order valence-corrected chi connectivity index (χ1v) is 49.4. The minimum atomic E-state index is -0.630. The number of phenols is 3. The Kier molecular flexibility index (Phi) is 52.3. The molecule has 8 N–H and O–H groups in total. The Balaban J connectivity index is 0.000000805. The van der Waals surface area contributed by atoms with Crippen molar-refractivity contribution in [1.29, 1.82) is 0 Å². The lowest BCUT2D eigenvalue weighted by atomic mass is 9.88. The quantitative estimate of drug-likeness (QED) is 0.0169. The first kappa shape index (κ1) is 121. The molecule has 5 saturated carbocycles. The number of aliphatic carboxylic acids is 5. The van der Waals surface area contributed by atoms with Crippen LogP contribution in [0.15, 0.2) is 91.0 Å². The van der Waals surface area contributed by atoms with Gasteiger partial charge in [-0.1, -0.05) is 271 Å². The van der Waals surface area contributed by atoms with Gasteiger partial charge in [-0.15, -0.1) is 0 Å². The lowest BCUT2D eigenvalue weighted by Gasteiger charge is -2.18. The third-order valence-electron chi connectivity index (χ3n) is 27.9. The number of carboxylic acids is 5. The summed E-state index contributed by atoms with van der Waals surface area (Å²) in [6.07, 6.45) is 51.5. The Bertz CT molecular complexity index is 3880. The van der Waals surface area contributed by atoms with Crippen molar-refractivity contribution in [2.24, 2.45) is 54.1 Å². The second kappa shape index (κ2) is 56.3. The predicted molar refractivity (Wildman–Crippen MR) is 550 cm³/mol. The highest BCUT2D eigenvalue weighted by molar-refractivity contribution is 5.79. The van der Waals surface area contributed by atoms with E-state index in [-0.39, 0.29) is 48.0 Å². The van der Waals surface area contributed by atoms with Gasteiger partial charge < -0.3 is 40.9 Å². The van der Waals surface area contributed by atoms with Gasteiger partial charge in [-0.05, 0) is 389 Å². The molecule has 5 fully saturated rings. The van der Waals surface area contributed by atoms with Crippen molar-refractivity contribution < 1.29 is 64.8 Å². The maximum atomic E-state index is 11.3. The molecule has 0 bridgehead atoms. The molecule has 5 aromatic carbocycles. The zero-order valence-corrected chi connectivity index (χ0v) is 81.6. The molecule has 130 heavy (non-hydrogen) atoms. The zero-order chi connectivity index (χ0) is 92.5. The van der Waals surface area contributed by atoms with Gasteiger partial charge in [0.25, 0.3) is 0 Å². The second-order valence-electron chi connectivity index (χ2n) is 45.6. The first-order chi connectivity index (χ1) is 58.6. The van der Waals surface area contributed by atoms with Crippen LogP contribution in [0.4, 0.5) is 0 Å². The number of aromatic hydroxyl groups is 3. The van der Waals surface area contributed by atoms with Gasteiger partial charge in [0.1, 0.15) is 17.2 Å². The first-order valence-electron chi connectivity index (χ1n) is 49.4. The lowest BCUT2D eigenvalue weighted by Crippen LogP contribution is -2.14. The molecule has 0 aliphatic heterocycles. The van der Waals surface area contributed by atoms with Gasteiger partial charge in [-0.25, -0.2) is 0 Å². The Morgan fingerprint density at radius 3 is 0.746 bits per heavy atom. The number of unbranched alkanes of at least 4 members (excludes halogenated alkanes) is 10. The molecule has 740 valence electrons. The number of carboxylic acid groups (broad SMARTS) is 5. The summed E-state index contributed by atoms with van der Waals surface area (Å²) in [5.74, 6) is -1.95. The van der Waals surface area contributed by atoms with Crippen LogP contribution >= 0.6 is 0 Å². The monoisotopic (exact) mass is 1810 g/mol. The molecular weight excluding hydrogens is 1610 g/mol. The summed E-state index contributed by atoms with van der Waals surface area (Å²) in [5.41, 5.74) is 16.3. The highest BCUT2D eigenvalue weighted by atomic mass is 16.4. The van der Waals surface area contributed by atoms with E-state index in [1.807, 2.05) is 24.3 Å². The minimum Gasteiger partial charge on any atom is -0.508 e. The van der Waals surface area contributed by atoms with Gasteiger partial charge in [-0.3, -0.25) is 24.0 Å². The van der Waals surface area contributed by atoms with E-state index in [0.717, 1.165) is 230 Å². The average molecular weight is 1810 g/mol. The van der Waals surface area contributed by atoms with Crippen molar-refractivity contribution in [2.45, 2.75) is 476 Å². The molecule has 10 rings (SSSR count). The molecule has 0 unspecified atom stereocenters. The van der Waals surface area contributed by atoms with E-state index in [9.17, 15) is 64.8 Å². The third kappa shape index (κ3) is 45.7. The van der Waals surface area contributed by atoms with Crippen LogP contribution in [0.3, 0.4) is 0 Å². The van der Waals surface area contributed by atoms with E-state index in [0.29, 0.717) is 44.3 Å². The molecule has 0 atom stereocenters. The summed E-state index contributed by atoms with van der Waals surface area (Å²) in [6, 6.07) is 30.8. The normalized spacial score (nSPS) is 15.4. The van der Waals surface area contributed by atoms with Crippen LogP contribution in [0.1, 0.15) is 465 Å². The molecule has 13 nitrogen and oxygen atoms in total. The fourth-order valence-corrected chi connectivity index (χ4v) is 18.2. The summed E-state index contributed by atoms with van der Waals surface area (Å²) in [4.78, 5) is 56.2. The van der Waals surface area contributed by atoms with Crippen molar-refractivity contribution in [2.75, 3.05) is 0 Å². The largest absolute Gasteiger partial charge is 0.508 e. The van der Waals surface area contributed by atoms with Crippen LogP contribution < -0.4 is 0 Å². The molecule has 0 aromatic heterocycles. The number of benzene rings is 5. The molecule has 5 aliphatic carbocycles. The van der Waals surface area contributed by atoms with Crippen molar-refractivity contribution in [3.8, 4) is 17.2 Å². The Labute approximate surface area is 795 Å². The van der Waals surface area contributed by atoms with Crippen LogP contribution in [0.2, 0.25) is 0 Å². The topological polar surface area (TPSA) is 247 Å². The van der Waals surface area contributed by atoms with Crippen LogP contribution in [0, 0.1) is 68.0 Å². The number of carbonyl (C=O) groups is 5. The van der Waals surface area contributed by atoms with Gasteiger partial charge in [0.05, 0.1) is 27.1 Å². The van der Waals surface area contributed by atoms with E-state index in [1.165, 1.54) is 158 Å². The molecule has 0 saturated heterocycles. The molecule has 0 spiro atoms. The van der Waals surface area contributed by atoms with Crippen molar-refractivity contribution >= 4 is 29.8 Å². The van der Waals surface area contributed by atoms with E-state index >= 15 is 0 Å². The van der Waals surface area contributed by atoms with E-state index in [4.69, 9.17) is 0 Å². The zero-order valence-electron chi connectivity index (χ0n) is 81.6. The third-order valence-corrected chi connectivity index (χ3v) is 27.9. The average Bonchev–Trinajstić information content (AvgIpc) is 1.68. The number of phenolic OH excluding ortho intramolecular Hbond substituents is 3. The summed E-state index contributed by atoms with van der Waals surface area (Å²) in [5, 5.41) is 76.2. The highest BCUT2D eigenvalue weighted by Gasteiger charge is 2.52. The van der Waals surface area contributed by atoms with Crippen LogP contribution in [-0.4, -0.2) is 70.7 Å². The van der Waals surface area contributed by atoms with Gasteiger partial charge in [0.2, 0.25) is 0 Å². The number of aryl methyl sites for hydroxylation is 10. The fourth-order valence-electron chi connectivity index (χ4n) is 18.2. The SMILES string of the molecule is C.C.C.C.C.CC(C)(C)CCCCc1cc(O)ccc1CCCCC1(C(=O)O)CC1.CC(C)(C)CCCCc1ccc(O)cc1CCCCC1(C(=O)O)CC1.CC(C)(C)CCCCc1cccc(O)c1CCCCC1(C(=O)O)CC1.Cc1ccc(CCCCC(C)(C)C)c(CCCCC2(C(=O)O)CC2)c1.Cc1cccc(CCCCC(C)(C)C)c1CCCCC1(C(=O)O)CC1. The maximum Gasteiger partial charge on any atom is 0.309 e. The standard InChI is InChI=1S/2C23H36O2.3C22H34O3.5CH4/c1-18-10-9-12-19(11-5-7-14-22(2,3)4)20(18)13-6-8-15-23(16-17-23)21(24)25;1-18-11-12-19(9-5-7-13-22(2,3)4)20(17-18)10-6-8-14-23(15-16-23)21(24)25;1-21(2,3)13-6-4-9-17-10-8-12-19(23)18(17)11-5-7-14-22(15-16-22)20(24)25;1-21(2,3)12-6-4-9-18-16-19(23)11-10-17(18)8-5-7-13-22(14-15-22)20(24)25;1-21(2,3)12-6-4-8-17-10-11-19(23)16-18(17)9-5-7-13-22(14-15-22)20(24)25;;;;;/h9-10,12H,5-8,11,13-17H2,1-4H3,(H,24,25);11-12,17H,5-10,13-16H2,1-4H3,(H,24,25);8,10,12,23H,4-7,9,11,13-16H2,1-3H3,(H,24,25);2*10-11,16,23H,4-9,12-15H2,1-3H3,(H,24,25);5*1H4. The van der Waals surface area contributed by atoms with Gasteiger partial charge in [-0.2, -0.15) is 0 Å². The number of hydrogen-bond acceptors (Lipinski definition) is 8. The van der Waals surface area contributed by atoms with Crippen LogP contribution in [0.5, 0.6) is 17.2 Å². The number of rotatable bonds is 50. The van der Waals surface area contributed by atoms with E-state index < -0.39 is 46.1 Å². The van der Waals surface area contributed by atoms with Crippen molar-refractivity contribution in [3.05, 3.63) is 158 Å². The van der Waals surface area contributed by atoms with Gasteiger partial charge in [0, 0.05) is 0 Å².